The Morgan fingerprint density at radius 3 is 2.34 bits per heavy atom. The van der Waals surface area contributed by atoms with Gasteiger partial charge in [-0.25, -0.2) is 4.79 Å². The number of carbonyl (C=O) groups is 2. The van der Waals surface area contributed by atoms with Crippen molar-refractivity contribution in [1.82, 2.24) is 15.5 Å². The highest BCUT2D eigenvalue weighted by Gasteiger charge is 2.20. The topological polar surface area (TPSA) is 87.5 Å². The summed E-state index contributed by atoms with van der Waals surface area (Å²) in [6.07, 6.45) is 0.834. The summed E-state index contributed by atoms with van der Waals surface area (Å²) in [7, 11) is 0. The van der Waals surface area contributed by atoms with Gasteiger partial charge in [0.15, 0.2) is 0 Å². The molecule has 0 saturated heterocycles. The number of nitrogens with zero attached hydrogens (tertiary/aromatic N) is 1. The minimum Gasteiger partial charge on any atom is -0.353 e. The molecule has 2 aromatic carbocycles. The van der Waals surface area contributed by atoms with E-state index in [1.54, 1.807) is 4.90 Å². The molecule has 2 aromatic rings. The molecule has 6 nitrogen and oxygen atoms in total. The number of fused-ring (bicyclic) bond motifs is 1. The second-order valence-electron chi connectivity index (χ2n) is 7.83. The molecule has 0 aromatic heterocycles. The van der Waals surface area contributed by atoms with Crippen LogP contribution in [0.5, 0.6) is 0 Å². The van der Waals surface area contributed by atoms with Gasteiger partial charge >= 0.3 is 6.03 Å². The zero-order valence-corrected chi connectivity index (χ0v) is 17.2. The molecule has 0 saturated carbocycles. The fourth-order valence-corrected chi connectivity index (χ4v) is 3.47. The highest BCUT2D eigenvalue weighted by atomic mass is 16.2. The van der Waals surface area contributed by atoms with E-state index in [0.29, 0.717) is 25.6 Å². The summed E-state index contributed by atoms with van der Waals surface area (Å²) in [5.41, 5.74) is 10.9. The molecule has 0 spiro atoms. The van der Waals surface area contributed by atoms with Crippen molar-refractivity contribution in [2.45, 2.75) is 38.8 Å². The molecule has 0 fully saturated rings. The number of hydrogen-bond acceptors (Lipinski definition) is 3. The Morgan fingerprint density at radius 2 is 1.66 bits per heavy atom. The number of urea groups is 1. The van der Waals surface area contributed by atoms with Crippen molar-refractivity contribution >= 4 is 11.9 Å². The summed E-state index contributed by atoms with van der Waals surface area (Å²) in [6, 6.07) is 15.8. The Hall–Kier alpha value is -2.86. The Balaban J connectivity index is 1.41. The van der Waals surface area contributed by atoms with Crippen LogP contribution in [0.1, 0.15) is 48.1 Å². The monoisotopic (exact) mass is 394 g/mol. The fraction of sp³-hybridized carbons (Fsp3) is 0.391. The van der Waals surface area contributed by atoms with Gasteiger partial charge in [0.25, 0.3) is 0 Å². The van der Waals surface area contributed by atoms with Gasteiger partial charge in [0, 0.05) is 25.7 Å². The van der Waals surface area contributed by atoms with Crippen molar-refractivity contribution in [1.29, 1.82) is 0 Å². The number of nitrogens with two attached hydrogens (primary N) is 1. The van der Waals surface area contributed by atoms with Crippen molar-refractivity contribution in [3.8, 4) is 0 Å². The quantitative estimate of drug-likeness (QED) is 0.704. The van der Waals surface area contributed by atoms with Crippen molar-refractivity contribution in [3.05, 3.63) is 70.8 Å². The van der Waals surface area contributed by atoms with Gasteiger partial charge in [0.05, 0.1) is 6.54 Å². The number of nitrogens with one attached hydrogen (secondary N) is 2. The molecule has 1 atom stereocenters. The van der Waals surface area contributed by atoms with Crippen LogP contribution in [0.25, 0.3) is 0 Å². The minimum atomic E-state index is -0.283. The van der Waals surface area contributed by atoms with Crippen molar-refractivity contribution in [2.75, 3.05) is 19.6 Å². The summed E-state index contributed by atoms with van der Waals surface area (Å²) in [5.74, 6) is 0.224. The van der Waals surface area contributed by atoms with Gasteiger partial charge in [0.1, 0.15) is 0 Å². The molecular weight excluding hydrogens is 364 g/mol. The maximum absolute atomic E-state index is 12.4. The van der Waals surface area contributed by atoms with Crippen LogP contribution in [0.3, 0.4) is 0 Å². The minimum absolute atomic E-state index is 0.0595. The van der Waals surface area contributed by atoms with Crippen molar-refractivity contribution < 1.29 is 9.59 Å². The third-order valence-corrected chi connectivity index (χ3v) is 5.37. The van der Waals surface area contributed by atoms with Crippen LogP contribution in [0.4, 0.5) is 4.79 Å². The Morgan fingerprint density at radius 1 is 1.00 bits per heavy atom. The first-order valence-electron chi connectivity index (χ1n) is 10.2. The predicted molar refractivity (Wildman–Crippen MR) is 114 cm³/mol. The second kappa shape index (κ2) is 9.56. The van der Waals surface area contributed by atoms with E-state index in [9.17, 15) is 9.59 Å². The van der Waals surface area contributed by atoms with Crippen LogP contribution in [0.15, 0.2) is 48.5 Å². The molecule has 6 heteroatoms. The van der Waals surface area contributed by atoms with E-state index in [1.165, 1.54) is 11.1 Å². The molecule has 1 unspecified atom stereocenters. The molecule has 4 N–H and O–H groups in total. The maximum Gasteiger partial charge on any atom is 0.318 e. The van der Waals surface area contributed by atoms with E-state index >= 15 is 0 Å². The Kier molecular flexibility index (Phi) is 6.88. The lowest BCUT2D eigenvalue weighted by Crippen LogP contribution is -2.46. The first kappa shape index (κ1) is 20.9. The lowest BCUT2D eigenvalue weighted by atomic mass is 9.99. The van der Waals surface area contributed by atoms with Crippen LogP contribution < -0.4 is 16.4 Å². The van der Waals surface area contributed by atoms with Crippen LogP contribution >= 0.6 is 0 Å². The highest BCUT2D eigenvalue weighted by molar-refractivity contribution is 5.84. The second-order valence-corrected chi connectivity index (χ2v) is 7.83. The Bertz CT molecular complexity index is 848. The summed E-state index contributed by atoms with van der Waals surface area (Å²) in [5, 5.41) is 5.50. The van der Waals surface area contributed by atoms with E-state index in [2.05, 4.69) is 42.7 Å². The van der Waals surface area contributed by atoms with Gasteiger partial charge < -0.3 is 21.3 Å². The first-order chi connectivity index (χ1) is 13.9. The van der Waals surface area contributed by atoms with Crippen LogP contribution in [-0.2, 0) is 17.8 Å². The standard InChI is InChI=1S/C23H30N4O2/c1-16(2)17-7-9-19(10-8-17)21(24)13-25-22(28)14-26-23(29)27-12-11-18-5-3-4-6-20(18)15-27/h3-10,16,21H,11-15,24H2,1-2H3,(H,25,28)(H,26,29). The third-order valence-electron chi connectivity index (χ3n) is 5.37. The van der Waals surface area contributed by atoms with Crippen molar-refractivity contribution in [3.63, 3.8) is 0 Å². The summed E-state index contributed by atoms with van der Waals surface area (Å²) in [4.78, 5) is 26.2. The van der Waals surface area contributed by atoms with E-state index in [1.807, 2.05) is 30.3 Å². The average molecular weight is 395 g/mol. The molecule has 1 aliphatic heterocycles. The number of hydrogen-bond donors (Lipinski definition) is 3. The van der Waals surface area contributed by atoms with Crippen LogP contribution in [-0.4, -0.2) is 36.5 Å². The molecule has 0 aliphatic carbocycles. The molecular formula is C23H30N4O2. The number of amides is 3. The molecule has 0 radical (unpaired) electrons. The molecule has 3 rings (SSSR count). The van der Waals surface area contributed by atoms with E-state index in [-0.39, 0.29) is 24.5 Å². The molecule has 29 heavy (non-hydrogen) atoms. The van der Waals surface area contributed by atoms with Gasteiger partial charge in [0.2, 0.25) is 5.91 Å². The number of rotatable bonds is 6. The van der Waals surface area contributed by atoms with Gasteiger partial charge in [-0.2, -0.15) is 0 Å². The van der Waals surface area contributed by atoms with E-state index in [0.717, 1.165) is 17.5 Å². The molecule has 0 bridgehead atoms. The highest BCUT2D eigenvalue weighted by Crippen LogP contribution is 2.19. The SMILES string of the molecule is CC(C)c1ccc(C(N)CNC(=O)CNC(=O)N2CCc3ccccc3C2)cc1. The largest absolute Gasteiger partial charge is 0.353 e. The summed E-state index contributed by atoms with van der Waals surface area (Å²) >= 11 is 0. The van der Waals surface area contributed by atoms with Crippen LogP contribution in [0, 0.1) is 0 Å². The van der Waals surface area contributed by atoms with Gasteiger partial charge in [-0.05, 0) is 34.6 Å². The van der Waals surface area contributed by atoms with E-state index in [4.69, 9.17) is 5.73 Å². The lowest BCUT2D eigenvalue weighted by Gasteiger charge is -2.28. The summed E-state index contributed by atoms with van der Waals surface area (Å²) < 4.78 is 0. The number of benzene rings is 2. The lowest BCUT2D eigenvalue weighted by molar-refractivity contribution is -0.120. The first-order valence-corrected chi connectivity index (χ1v) is 10.2. The zero-order valence-electron chi connectivity index (χ0n) is 17.2. The third kappa shape index (κ3) is 5.57. The Labute approximate surface area is 172 Å². The number of carbonyl (C=O) groups excluding carboxylic acids is 2. The van der Waals surface area contributed by atoms with Crippen LogP contribution in [0.2, 0.25) is 0 Å². The fourth-order valence-electron chi connectivity index (χ4n) is 3.47. The van der Waals surface area contributed by atoms with Gasteiger partial charge in [-0.3, -0.25) is 4.79 Å². The van der Waals surface area contributed by atoms with Gasteiger partial charge in [-0.1, -0.05) is 62.4 Å². The van der Waals surface area contributed by atoms with Crippen molar-refractivity contribution in [2.24, 2.45) is 5.73 Å². The molecule has 3 amide bonds. The summed E-state index contributed by atoms with van der Waals surface area (Å²) in [6.45, 7) is 5.78. The maximum atomic E-state index is 12.4. The molecule has 1 heterocycles. The normalized spacial score (nSPS) is 14.3. The smallest absolute Gasteiger partial charge is 0.318 e. The predicted octanol–water partition coefficient (Wildman–Crippen LogP) is 2.69. The zero-order chi connectivity index (χ0) is 20.8. The van der Waals surface area contributed by atoms with E-state index < -0.39 is 0 Å². The van der Waals surface area contributed by atoms with Gasteiger partial charge in [-0.15, -0.1) is 0 Å². The molecule has 154 valence electrons. The molecule has 1 aliphatic rings. The average Bonchev–Trinajstić information content (AvgIpc) is 2.75.